The van der Waals surface area contributed by atoms with Crippen molar-refractivity contribution < 1.29 is 49.3 Å². The van der Waals surface area contributed by atoms with Crippen LogP contribution >= 0.6 is 0 Å². The summed E-state index contributed by atoms with van der Waals surface area (Å²) in [5.41, 5.74) is 0. The van der Waals surface area contributed by atoms with E-state index < -0.39 is 67.4 Å². The van der Waals surface area contributed by atoms with Crippen molar-refractivity contribution in [2.45, 2.75) is 359 Å². The normalized spacial score (nSPS) is 18.9. The lowest BCUT2D eigenvalue weighted by Gasteiger charge is -2.41. The fourth-order valence-electron chi connectivity index (χ4n) is 10.7. The monoisotopic (exact) mass is 1190 g/mol. The van der Waals surface area contributed by atoms with Gasteiger partial charge in [-0.3, -0.25) is 9.59 Å². The summed E-state index contributed by atoms with van der Waals surface area (Å²) < 4.78 is 17.7. The van der Waals surface area contributed by atoms with Crippen molar-refractivity contribution in [1.29, 1.82) is 0 Å². The third-order valence-electron chi connectivity index (χ3n) is 16.3. The summed E-state index contributed by atoms with van der Waals surface area (Å²) in [4.78, 5) is 26.7. The molecule has 0 bridgehead atoms. The summed E-state index contributed by atoms with van der Waals surface area (Å²) >= 11 is 0. The van der Waals surface area contributed by atoms with Gasteiger partial charge in [-0.2, -0.15) is 0 Å². The Labute approximate surface area is 521 Å². The van der Waals surface area contributed by atoms with Gasteiger partial charge in [0.1, 0.15) is 24.4 Å². The molecule has 0 saturated carbocycles. The summed E-state index contributed by atoms with van der Waals surface area (Å²) in [6, 6.07) is -1.03. The minimum Gasteiger partial charge on any atom is -0.454 e. The molecule has 8 unspecified atom stereocenters. The van der Waals surface area contributed by atoms with Crippen LogP contribution in [0.4, 0.5) is 0 Å². The van der Waals surface area contributed by atoms with Gasteiger partial charge in [-0.1, -0.05) is 286 Å². The molecule has 1 fully saturated rings. The zero-order valence-electron chi connectivity index (χ0n) is 54.7. The first kappa shape index (κ1) is 79.9. The molecule has 11 nitrogen and oxygen atoms in total. The second-order valence-corrected chi connectivity index (χ2v) is 24.3. The van der Waals surface area contributed by atoms with Crippen molar-refractivity contribution in [2.75, 3.05) is 13.2 Å². The second kappa shape index (κ2) is 61.1. The molecule has 8 atom stereocenters. The molecule has 1 aliphatic heterocycles. The number of ether oxygens (including phenoxy) is 3. The second-order valence-electron chi connectivity index (χ2n) is 24.3. The quantitative estimate of drug-likeness (QED) is 0.0195. The lowest BCUT2D eigenvalue weighted by molar-refractivity contribution is -0.305. The SMILES string of the molecule is CCCCC/C=C\C/C=C\C/C=C\C/C=C\CCCCCCCCC(O)C(=O)NC(COC1OC(CO)C(O)C(O)C1OC(=O)CCCCCCCCCCCCCCC/C=C\C/C=C\CCCCC)C(O)/C=C/CCCCCCCCCCC. The molecule has 1 aliphatic rings. The Kier molecular flexibility index (Phi) is 57.4. The Balaban J connectivity index is 2.58. The Morgan fingerprint density at radius 1 is 0.459 bits per heavy atom. The standard InChI is InChI=1S/C74H131NO10/c1-4-7-10-13-16-19-22-24-26-28-30-32-34-36-38-40-42-44-47-50-53-56-59-62-69(79)85-72-71(81)70(80)68(63-76)84-74(72)83-64-65(66(77)60-57-54-51-48-45-21-18-15-12-9-6-3)75-73(82)67(78)61-58-55-52-49-46-43-41-39-37-35-33-31-29-27-25-23-20-17-14-11-8-5-2/h16-17,19-20,24-27,31,33,37,39,57,60,65-68,70-72,74,76-78,80-81H,4-15,18,21-23,28-30,32,34-36,38,40-56,58-59,61-64H2,1-3H3,(H,75,82)/b19-16-,20-17-,26-24-,27-25-,33-31-,39-37-,60-57+. The topological polar surface area (TPSA) is 175 Å². The van der Waals surface area contributed by atoms with E-state index in [0.29, 0.717) is 12.8 Å². The first-order chi connectivity index (χ1) is 41.7. The highest BCUT2D eigenvalue weighted by atomic mass is 16.7. The molecule has 0 aromatic rings. The van der Waals surface area contributed by atoms with Crippen LogP contribution in [-0.2, 0) is 23.8 Å². The van der Waals surface area contributed by atoms with Gasteiger partial charge in [0.25, 0.3) is 0 Å². The molecule has 1 rings (SSSR count). The summed E-state index contributed by atoms with van der Waals surface area (Å²) in [5, 5.41) is 57.2. The van der Waals surface area contributed by atoms with Gasteiger partial charge in [-0.25, -0.2) is 0 Å². The van der Waals surface area contributed by atoms with E-state index >= 15 is 0 Å². The molecule has 0 aromatic carbocycles. The van der Waals surface area contributed by atoms with Crippen molar-refractivity contribution in [3.8, 4) is 0 Å². The number of carbonyl (C=O) groups excluding carboxylic acids is 2. The van der Waals surface area contributed by atoms with Gasteiger partial charge in [0.15, 0.2) is 12.4 Å². The molecule has 1 heterocycles. The predicted molar refractivity (Wildman–Crippen MR) is 356 cm³/mol. The number of hydrogen-bond donors (Lipinski definition) is 6. The van der Waals surface area contributed by atoms with Gasteiger partial charge >= 0.3 is 5.97 Å². The van der Waals surface area contributed by atoms with E-state index in [1.807, 2.05) is 6.08 Å². The number of hydrogen-bond acceptors (Lipinski definition) is 10. The van der Waals surface area contributed by atoms with Crippen LogP contribution in [0.1, 0.15) is 310 Å². The number of rotatable bonds is 60. The number of nitrogens with one attached hydrogen (secondary N) is 1. The molecule has 0 aliphatic carbocycles. The van der Waals surface area contributed by atoms with Crippen molar-refractivity contribution in [2.24, 2.45) is 0 Å². The van der Waals surface area contributed by atoms with Crippen molar-refractivity contribution in [3.05, 3.63) is 85.1 Å². The van der Waals surface area contributed by atoms with Crippen LogP contribution in [0.2, 0.25) is 0 Å². The van der Waals surface area contributed by atoms with E-state index in [0.717, 1.165) is 103 Å². The maximum Gasteiger partial charge on any atom is 0.306 e. The number of amides is 1. The van der Waals surface area contributed by atoms with Crippen LogP contribution < -0.4 is 5.32 Å². The van der Waals surface area contributed by atoms with Crippen LogP contribution in [0, 0.1) is 0 Å². The molecule has 0 radical (unpaired) electrons. The Bertz CT molecular complexity index is 1710. The number of esters is 1. The maximum absolute atomic E-state index is 13.5. The lowest BCUT2D eigenvalue weighted by Crippen LogP contribution is -2.61. The van der Waals surface area contributed by atoms with Gasteiger partial charge in [-0.05, 0) is 103 Å². The van der Waals surface area contributed by atoms with Crippen molar-refractivity contribution in [1.82, 2.24) is 5.32 Å². The highest BCUT2D eigenvalue weighted by Crippen LogP contribution is 2.26. The number of aliphatic hydroxyl groups excluding tert-OH is 5. The van der Waals surface area contributed by atoms with E-state index in [9.17, 15) is 35.1 Å². The zero-order chi connectivity index (χ0) is 61.7. The largest absolute Gasteiger partial charge is 0.454 e. The van der Waals surface area contributed by atoms with Crippen molar-refractivity contribution >= 4 is 11.9 Å². The molecule has 85 heavy (non-hydrogen) atoms. The van der Waals surface area contributed by atoms with E-state index in [2.05, 4.69) is 99.0 Å². The highest BCUT2D eigenvalue weighted by molar-refractivity contribution is 5.80. The van der Waals surface area contributed by atoms with Gasteiger partial charge in [0.2, 0.25) is 5.91 Å². The third-order valence-corrected chi connectivity index (χ3v) is 16.3. The van der Waals surface area contributed by atoms with Crippen molar-refractivity contribution in [3.63, 3.8) is 0 Å². The van der Waals surface area contributed by atoms with Crippen LogP contribution in [0.25, 0.3) is 0 Å². The molecule has 1 saturated heterocycles. The number of unbranched alkanes of at least 4 members (excludes halogenated alkanes) is 34. The minimum atomic E-state index is -1.62. The fraction of sp³-hybridized carbons (Fsp3) is 0.784. The third kappa shape index (κ3) is 48.4. The first-order valence-electron chi connectivity index (χ1n) is 35.4. The summed E-state index contributed by atoms with van der Waals surface area (Å²) in [5.74, 6) is -1.20. The molecular weight excluding hydrogens is 1060 g/mol. The van der Waals surface area contributed by atoms with Gasteiger partial charge < -0.3 is 45.1 Å². The smallest absolute Gasteiger partial charge is 0.306 e. The van der Waals surface area contributed by atoms with E-state index in [1.165, 1.54) is 161 Å². The molecule has 492 valence electrons. The zero-order valence-corrected chi connectivity index (χ0v) is 54.7. The van der Waals surface area contributed by atoms with Crippen LogP contribution in [-0.4, -0.2) is 99.6 Å². The molecule has 6 N–H and O–H groups in total. The van der Waals surface area contributed by atoms with E-state index in [1.54, 1.807) is 6.08 Å². The predicted octanol–water partition coefficient (Wildman–Crippen LogP) is 18.1. The molecule has 0 aromatic heterocycles. The van der Waals surface area contributed by atoms with E-state index in [4.69, 9.17) is 14.2 Å². The van der Waals surface area contributed by atoms with Gasteiger partial charge in [0, 0.05) is 6.42 Å². The number of allylic oxidation sites excluding steroid dienone is 13. The Morgan fingerprint density at radius 3 is 1.24 bits per heavy atom. The van der Waals surface area contributed by atoms with Crippen LogP contribution in [0.15, 0.2) is 85.1 Å². The number of aliphatic hydroxyl groups is 5. The summed E-state index contributed by atoms with van der Waals surface area (Å²) in [6.07, 6.45) is 70.5. The Hall–Kier alpha value is -3.16. The summed E-state index contributed by atoms with van der Waals surface area (Å²) in [6.45, 7) is 5.75. The fourth-order valence-corrected chi connectivity index (χ4v) is 10.7. The molecule has 1 amide bonds. The lowest BCUT2D eigenvalue weighted by atomic mass is 9.99. The van der Waals surface area contributed by atoms with Gasteiger partial charge in [-0.15, -0.1) is 0 Å². The van der Waals surface area contributed by atoms with Crippen LogP contribution in [0.5, 0.6) is 0 Å². The molecular formula is C74H131NO10. The Morgan fingerprint density at radius 2 is 0.812 bits per heavy atom. The first-order valence-corrected chi connectivity index (χ1v) is 35.4. The van der Waals surface area contributed by atoms with Crippen LogP contribution in [0.3, 0.4) is 0 Å². The van der Waals surface area contributed by atoms with Gasteiger partial charge in [0.05, 0.1) is 25.4 Å². The average molecular weight is 1190 g/mol. The maximum atomic E-state index is 13.5. The average Bonchev–Trinajstić information content (AvgIpc) is 3.63. The number of carbonyl (C=O) groups is 2. The van der Waals surface area contributed by atoms with E-state index in [-0.39, 0.29) is 19.4 Å². The molecule has 0 spiro atoms. The molecule has 11 heteroatoms. The summed E-state index contributed by atoms with van der Waals surface area (Å²) in [7, 11) is 0. The minimum absolute atomic E-state index is 0.119. The highest BCUT2D eigenvalue weighted by Gasteiger charge is 2.47.